The average molecular weight is 411 g/mol. The molecule has 1 saturated heterocycles. The number of likely N-dealkylation sites (N-methyl/N-ethyl adjacent to an activating group) is 1. The molecule has 1 fully saturated rings. The van der Waals surface area contributed by atoms with Gasteiger partial charge in [-0.2, -0.15) is 0 Å². The second kappa shape index (κ2) is 7.87. The van der Waals surface area contributed by atoms with Crippen LogP contribution in [0.1, 0.15) is 10.4 Å². The number of fused-ring (bicyclic) bond motifs is 2. The van der Waals surface area contributed by atoms with Gasteiger partial charge in [0.05, 0.1) is 31.9 Å². The van der Waals surface area contributed by atoms with Crippen LogP contribution in [-0.4, -0.2) is 73.8 Å². The van der Waals surface area contributed by atoms with Crippen LogP contribution in [0, 0.1) is 5.82 Å². The molecule has 0 bridgehead atoms. The predicted octanol–water partition coefficient (Wildman–Crippen LogP) is 0.242. The van der Waals surface area contributed by atoms with Gasteiger partial charge in [0.15, 0.2) is 6.54 Å². The van der Waals surface area contributed by atoms with E-state index < -0.39 is 6.04 Å². The van der Waals surface area contributed by atoms with Gasteiger partial charge < -0.3 is 20.0 Å². The lowest BCUT2D eigenvalue weighted by Crippen LogP contribution is -3.07. The molecule has 0 aromatic heterocycles. The first-order valence-electron chi connectivity index (χ1n) is 9.92. The van der Waals surface area contributed by atoms with Crippen LogP contribution in [-0.2, 0) is 9.59 Å². The topological polar surface area (TPSA) is 74.2 Å². The van der Waals surface area contributed by atoms with Crippen LogP contribution in [0.4, 0.5) is 10.1 Å². The van der Waals surface area contributed by atoms with E-state index in [1.807, 2.05) is 14.1 Å². The van der Waals surface area contributed by atoms with E-state index >= 15 is 0 Å². The number of piperazine rings is 1. The van der Waals surface area contributed by atoms with Gasteiger partial charge >= 0.3 is 0 Å². The van der Waals surface area contributed by atoms with Gasteiger partial charge in [0.25, 0.3) is 11.8 Å². The Balaban J connectivity index is 1.64. The fourth-order valence-corrected chi connectivity index (χ4v) is 3.95. The van der Waals surface area contributed by atoms with Crippen molar-refractivity contribution in [2.45, 2.75) is 6.04 Å². The molecule has 30 heavy (non-hydrogen) atoms. The highest BCUT2D eigenvalue weighted by molar-refractivity contribution is 6.10. The first-order valence-corrected chi connectivity index (χ1v) is 9.92. The SMILES string of the molecule is C[NH+](C)CC(=O)N1CCN2C(=O)c3cc(-c4ccccc4F)ccc3NC(=O)[C@H]2C1. The molecular weight excluding hydrogens is 387 g/mol. The highest BCUT2D eigenvalue weighted by Crippen LogP contribution is 2.31. The number of anilines is 1. The quantitative estimate of drug-likeness (QED) is 0.760. The maximum absolute atomic E-state index is 14.2. The average Bonchev–Trinajstić information content (AvgIpc) is 2.82. The largest absolute Gasteiger partial charge is 0.333 e. The second-order valence-corrected chi connectivity index (χ2v) is 7.97. The number of nitrogens with zero attached hydrogens (tertiary/aromatic N) is 2. The van der Waals surface area contributed by atoms with Gasteiger partial charge in [-0.25, -0.2) is 4.39 Å². The van der Waals surface area contributed by atoms with Crippen molar-refractivity contribution in [2.24, 2.45) is 0 Å². The van der Waals surface area contributed by atoms with E-state index in [1.165, 1.54) is 11.0 Å². The zero-order valence-electron chi connectivity index (χ0n) is 16.9. The number of hydrogen-bond acceptors (Lipinski definition) is 3. The van der Waals surface area contributed by atoms with Crippen LogP contribution in [0.15, 0.2) is 42.5 Å². The molecule has 0 aliphatic carbocycles. The van der Waals surface area contributed by atoms with Crippen LogP contribution in [0.25, 0.3) is 11.1 Å². The summed E-state index contributed by atoms with van der Waals surface area (Å²) in [6.45, 7) is 1.14. The Morgan fingerprint density at radius 3 is 2.63 bits per heavy atom. The molecule has 2 aromatic rings. The van der Waals surface area contributed by atoms with Crippen LogP contribution in [0.2, 0.25) is 0 Å². The minimum absolute atomic E-state index is 0.0431. The Kier molecular flexibility index (Phi) is 5.26. The number of nitrogens with one attached hydrogen (secondary N) is 2. The summed E-state index contributed by atoms with van der Waals surface area (Å²) in [5.74, 6) is -1.04. The Labute approximate surface area is 174 Å². The van der Waals surface area contributed by atoms with Crippen molar-refractivity contribution < 1.29 is 23.7 Å². The molecule has 2 aromatic carbocycles. The van der Waals surface area contributed by atoms with Crippen LogP contribution < -0.4 is 10.2 Å². The van der Waals surface area contributed by atoms with Crippen molar-refractivity contribution in [1.29, 1.82) is 0 Å². The van der Waals surface area contributed by atoms with Gasteiger partial charge in [-0.15, -0.1) is 0 Å². The van der Waals surface area contributed by atoms with Crippen LogP contribution in [0.5, 0.6) is 0 Å². The zero-order chi connectivity index (χ0) is 21.4. The molecule has 2 N–H and O–H groups in total. The number of carbonyl (C=O) groups excluding carboxylic acids is 3. The molecule has 0 radical (unpaired) electrons. The Morgan fingerprint density at radius 1 is 1.13 bits per heavy atom. The van der Waals surface area contributed by atoms with Crippen LogP contribution >= 0.6 is 0 Å². The molecule has 3 amide bonds. The number of amides is 3. The van der Waals surface area contributed by atoms with Gasteiger partial charge in [0, 0.05) is 18.7 Å². The van der Waals surface area contributed by atoms with E-state index in [0.29, 0.717) is 35.5 Å². The van der Waals surface area contributed by atoms with Gasteiger partial charge in [0.1, 0.15) is 11.9 Å². The summed E-state index contributed by atoms with van der Waals surface area (Å²) in [6, 6.07) is 10.5. The van der Waals surface area contributed by atoms with Crippen molar-refractivity contribution in [3.8, 4) is 11.1 Å². The third-order valence-electron chi connectivity index (χ3n) is 5.49. The highest BCUT2D eigenvalue weighted by Gasteiger charge is 2.40. The molecule has 0 spiro atoms. The summed E-state index contributed by atoms with van der Waals surface area (Å²) in [5, 5.41) is 2.81. The predicted molar refractivity (Wildman–Crippen MR) is 110 cm³/mol. The first-order chi connectivity index (χ1) is 14.3. The summed E-state index contributed by atoms with van der Waals surface area (Å²) in [4.78, 5) is 42.7. The standard InChI is InChI=1S/C22H23FN4O3/c1-25(2)13-20(28)26-9-10-27-19(12-26)21(29)24-18-8-7-14(11-16(18)22(27)30)15-5-3-4-6-17(15)23/h3-8,11,19H,9-10,12-13H2,1-2H3,(H,24,29)/p+1/t19-/m1/s1. The molecule has 1 atom stereocenters. The van der Waals surface area contributed by atoms with Crippen molar-refractivity contribution in [3.05, 3.63) is 53.8 Å². The summed E-state index contributed by atoms with van der Waals surface area (Å²) in [5.41, 5.74) is 1.68. The summed E-state index contributed by atoms with van der Waals surface area (Å²) in [6.07, 6.45) is 0. The summed E-state index contributed by atoms with van der Waals surface area (Å²) < 4.78 is 14.2. The molecule has 2 aliphatic heterocycles. The van der Waals surface area contributed by atoms with E-state index in [1.54, 1.807) is 41.3 Å². The number of halogens is 1. The van der Waals surface area contributed by atoms with E-state index in [0.717, 1.165) is 4.90 Å². The van der Waals surface area contributed by atoms with Gasteiger partial charge in [-0.05, 0) is 23.8 Å². The minimum Gasteiger partial charge on any atom is -0.333 e. The third-order valence-corrected chi connectivity index (χ3v) is 5.49. The molecule has 7 nitrogen and oxygen atoms in total. The molecule has 0 unspecified atom stereocenters. The van der Waals surface area contributed by atoms with Crippen molar-refractivity contribution in [3.63, 3.8) is 0 Å². The molecule has 0 saturated carbocycles. The lowest BCUT2D eigenvalue weighted by molar-refractivity contribution is -0.849. The van der Waals surface area contributed by atoms with Crippen molar-refractivity contribution >= 4 is 23.4 Å². The summed E-state index contributed by atoms with van der Waals surface area (Å²) >= 11 is 0. The molecule has 4 rings (SSSR count). The number of rotatable bonds is 3. The van der Waals surface area contributed by atoms with Gasteiger partial charge in [0.2, 0.25) is 5.91 Å². The maximum atomic E-state index is 14.2. The normalized spacial score (nSPS) is 18.6. The van der Waals surface area contributed by atoms with Crippen molar-refractivity contribution in [1.82, 2.24) is 9.80 Å². The molecule has 8 heteroatoms. The first kappa shape index (κ1) is 20.0. The monoisotopic (exact) mass is 411 g/mol. The van der Waals surface area contributed by atoms with Crippen LogP contribution in [0.3, 0.4) is 0 Å². The molecule has 2 heterocycles. The minimum atomic E-state index is -0.753. The van der Waals surface area contributed by atoms with E-state index in [-0.39, 0.29) is 36.6 Å². The lowest BCUT2D eigenvalue weighted by Gasteiger charge is -2.39. The van der Waals surface area contributed by atoms with Gasteiger partial charge in [-0.3, -0.25) is 14.4 Å². The van der Waals surface area contributed by atoms with E-state index in [4.69, 9.17) is 0 Å². The fourth-order valence-electron chi connectivity index (χ4n) is 3.95. The summed E-state index contributed by atoms with van der Waals surface area (Å²) in [7, 11) is 3.78. The van der Waals surface area contributed by atoms with Crippen molar-refractivity contribution in [2.75, 3.05) is 45.6 Å². The van der Waals surface area contributed by atoms with E-state index in [9.17, 15) is 18.8 Å². The zero-order valence-corrected chi connectivity index (χ0v) is 16.9. The Bertz CT molecular complexity index is 1020. The molecule has 156 valence electrons. The Hall–Kier alpha value is -3.26. The number of benzene rings is 2. The number of quaternary nitrogens is 1. The lowest BCUT2D eigenvalue weighted by atomic mass is 10.0. The number of hydrogen-bond donors (Lipinski definition) is 2. The Morgan fingerprint density at radius 2 is 1.90 bits per heavy atom. The van der Waals surface area contributed by atoms with E-state index in [2.05, 4.69) is 5.32 Å². The number of carbonyl (C=O) groups is 3. The fraction of sp³-hybridized carbons (Fsp3) is 0.318. The maximum Gasteiger partial charge on any atom is 0.277 e. The third kappa shape index (κ3) is 3.66. The second-order valence-electron chi connectivity index (χ2n) is 7.97. The molecule has 2 aliphatic rings. The highest BCUT2D eigenvalue weighted by atomic mass is 19.1. The van der Waals surface area contributed by atoms with Gasteiger partial charge in [-0.1, -0.05) is 24.3 Å². The molecular formula is C22H24FN4O3+. The smallest absolute Gasteiger partial charge is 0.277 e.